The Bertz CT molecular complexity index is 936. The molecule has 0 amide bonds. The van der Waals surface area contributed by atoms with E-state index in [4.69, 9.17) is 14.2 Å². The van der Waals surface area contributed by atoms with E-state index in [1.165, 1.54) is 6.92 Å². The average Bonchev–Trinajstić information content (AvgIpc) is 3.07. The Morgan fingerprint density at radius 3 is 2.48 bits per heavy atom. The summed E-state index contributed by atoms with van der Waals surface area (Å²) in [5.74, 6) is -3.54. The molecule has 1 fully saturated rings. The van der Waals surface area contributed by atoms with E-state index in [1.54, 1.807) is 39.8 Å². The second-order valence-electron chi connectivity index (χ2n) is 9.12. The molecule has 1 heterocycles. The Hall–Kier alpha value is -2.70. The van der Waals surface area contributed by atoms with Crippen molar-refractivity contribution < 1.29 is 33.4 Å². The molecule has 0 aromatic heterocycles. The van der Waals surface area contributed by atoms with Gasteiger partial charge >= 0.3 is 17.9 Å². The Balaban J connectivity index is 2.12. The summed E-state index contributed by atoms with van der Waals surface area (Å²) < 4.78 is 17.3. The summed E-state index contributed by atoms with van der Waals surface area (Å²) in [5, 5.41) is 0. The second kappa shape index (κ2) is 8.09. The van der Waals surface area contributed by atoms with Crippen LogP contribution in [0.15, 0.2) is 34.4 Å². The van der Waals surface area contributed by atoms with Gasteiger partial charge in [0.05, 0.1) is 11.8 Å². The number of rotatable bonds is 4. The van der Waals surface area contributed by atoms with Gasteiger partial charge in [-0.2, -0.15) is 0 Å². The number of carbonyl (C=O) groups is 4. The summed E-state index contributed by atoms with van der Waals surface area (Å²) in [6.45, 7) is 11.9. The van der Waals surface area contributed by atoms with Crippen molar-refractivity contribution in [3.8, 4) is 0 Å². The molecule has 31 heavy (non-hydrogen) atoms. The van der Waals surface area contributed by atoms with Crippen molar-refractivity contribution in [2.75, 3.05) is 0 Å². The number of ketones is 1. The molecule has 168 valence electrons. The number of carbonyl (C=O) groups excluding carboxylic acids is 4. The lowest BCUT2D eigenvalue weighted by Gasteiger charge is -2.35. The smallest absolute Gasteiger partial charge is 0.351 e. The summed E-state index contributed by atoms with van der Waals surface area (Å²) in [6.07, 6.45) is 1.86. The predicted molar refractivity (Wildman–Crippen MR) is 112 cm³/mol. The molecule has 0 spiro atoms. The highest BCUT2D eigenvalue weighted by atomic mass is 16.6. The molecule has 0 aromatic carbocycles. The predicted octanol–water partition coefficient (Wildman–Crippen LogP) is 3.23. The SMILES string of the molecule is CC=C(C)C(=O)O[C@H]1CC(C)=C2C(=O)C=C(C)[C@@H]2[C@H]2OC(=O)[C@@](C)(OC(=O)C(C)C)[C@@H]21. The van der Waals surface area contributed by atoms with Crippen LogP contribution in [0.1, 0.15) is 54.9 Å². The van der Waals surface area contributed by atoms with Gasteiger partial charge in [-0.3, -0.25) is 9.59 Å². The first-order valence-corrected chi connectivity index (χ1v) is 10.6. The second-order valence-corrected chi connectivity index (χ2v) is 9.12. The van der Waals surface area contributed by atoms with Crippen LogP contribution in [0, 0.1) is 17.8 Å². The molecule has 7 nitrogen and oxygen atoms in total. The fourth-order valence-electron chi connectivity index (χ4n) is 4.70. The summed E-state index contributed by atoms with van der Waals surface area (Å²) in [4.78, 5) is 50.8. The number of hydrogen-bond acceptors (Lipinski definition) is 7. The first-order chi connectivity index (χ1) is 14.4. The van der Waals surface area contributed by atoms with Gasteiger partial charge in [0, 0.05) is 23.5 Å². The zero-order valence-electron chi connectivity index (χ0n) is 19.1. The van der Waals surface area contributed by atoms with Gasteiger partial charge in [0.1, 0.15) is 12.2 Å². The van der Waals surface area contributed by atoms with Crippen molar-refractivity contribution in [3.63, 3.8) is 0 Å². The zero-order chi connectivity index (χ0) is 23.2. The van der Waals surface area contributed by atoms with E-state index < -0.39 is 53.5 Å². The number of hydrogen-bond donors (Lipinski definition) is 0. The lowest BCUT2D eigenvalue weighted by Crippen LogP contribution is -2.51. The molecule has 2 aliphatic carbocycles. The number of allylic oxidation sites excluding steroid dienone is 2. The standard InChI is InChI=1S/C24H30O7/c1-8-12(4)22(27)29-16-10-14(6)17-15(25)9-13(5)18(17)20-19(16)24(7,23(28)30-20)31-21(26)11(2)3/h8-9,11,16,18-20H,10H2,1-7H3/t16-,18-,19+,20+,24-/m0/s1. The van der Waals surface area contributed by atoms with Crippen molar-refractivity contribution in [1.29, 1.82) is 0 Å². The molecule has 3 rings (SSSR count). The van der Waals surface area contributed by atoms with E-state index in [9.17, 15) is 19.2 Å². The Labute approximate surface area is 182 Å². The number of esters is 3. The van der Waals surface area contributed by atoms with E-state index in [0.29, 0.717) is 11.1 Å². The molecule has 0 bridgehead atoms. The van der Waals surface area contributed by atoms with Crippen molar-refractivity contribution >= 4 is 23.7 Å². The van der Waals surface area contributed by atoms with Crippen LogP contribution in [0.5, 0.6) is 0 Å². The lowest BCUT2D eigenvalue weighted by atomic mass is 9.77. The van der Waals surface area contributed by atoms with Gasteiger partial charge in [0.25, 0.3) is 0 Å². The van der Waals surface area contributed by atoms with Crippen LogP contribution in [0.25, 0.3) is 0 Å². The maximum absolute atomic E-state index is 13.0. The van der Waals surface area contributed by atoms with Crippen molar-refractivity contribution in [2.24, 2.45) is 17.8 Å². The van der Waals surface area contributed by atoms with Gasteiger partial charge in [-0.15, -0.1) is 0 Å². The van der Waals surface area contributed by atoms with E-state index >= 15 is 0 Å². The van der Waals surface area contributed by atoms with Crippen molar-refractivity contribution in [3.05, 3.63) is 34.4 Å². The molecule has 0 N–H and O–H groups in total. The van der Waals surface area contributed by atoms with E-state index in [0.717, 1.165) is 11.1 Å². The molecule has 3 aliphatic rings. The normalized spacial score (nSPS) is 32.9. The average molecular weight is 430 g/mol. The Morgan fingerprint density at radius 2 is 1.90 bits per heavy atom. The van der Waals surface area contributed by atoms with Crippen LogP contribution >= 0.6 is 0 Å². The topological polar surface area (TPSA) is 96.0 Å². The lowest BCUT2D eigenvalue weighted by molar-refractivity contribution is -0.180. The van der Waals surface area contributed by atoms with Crippen LogP contribution in [0.4, 0.5) is 0 Å². The third-order valence-corrected chi connectivity index (χ3v) is 6.56. The zero-order valence-corrected chi connectivity index (χ0v) is 19.1. The van der Waals surface area contributed by atoms with Gasteiger partial charge < -0.3 is 14.2 Å². The Kier molecular flexibility index (Phi) is 6.00. The van der Waals surface area contributed by atoms with E-state index in [1.807, 2.05) is 13.8 Å². The molecule has 0 unspecified atom stereocenters. The number of ether oxygens (including phenoxy) is 3. The van der Waals surface area contributed by atoms with E-state index in [2.05, 4.69) is 0 Å². The quantitative estimate of drug-likeness (QED) is 0.384. The monoisotopic (exact) mass is 430 g/mol. The van der Waals surface area contributed by atoms with Gasteiger partial charge in [0.15, 0.2) is 5.78 Å². The minimum atomic E-state index is -1.64. The molecule has 0 aromatic rings. The van der Waals surface area contributed by atoms with E-state index in [-0.39, 0.29) is 12.2 Å². The molecule has 1 saturated heterocycles. The molecular weight excluding hydrogens is 400 g/mol. The molecule has 1 aliphatic heterocycles. The highest BCUT2D eigenvalue weighted by Crippen LogP contribution is 2.51. The fraction of sp³-hybridized carbons (Fsp3) is 0.583. The van der Waals surface area contributed by atoms with Crippen LogP contribution in [0.2, 0.25) is 0 Å². The summed E-state index contributed by atoms with van der Waals surface area (Å²) in [5.41, 5.74) is 0.911. The Morgan fingerprint density at radius 1 is 1.26 bits per heavy atom. The highest BCUT2D eigenvalue weighted by Gasteiger charge is 2.65. The first-order valence-electron chi connectivity index (χ1n) is 10.6. The minimum Gasteiger partial charge on any atom is -0.458 e. The number of fused-ring (bicyclic) bond motifs is 3. The van der Waals surface area contributed by atoms with Gasteiger partial charge in [-0.25, -0.2) is 9.59 Å². The summed E-state index contributed by atoms with van der Waals surface area (Å²) in [7, 11) is 0. The minimum absolute atomic E-state index is 0.126. The van der Waals surface area contributed by atoms with Gasteiger partial charge in [-0.1, -0.05) is 31.1 Å². The largest absolute Gasteiger partial charge is 0.458 e. The maximum atomic E-state index is 13.0. The van der Waals surface area contributed by atoms with Gasteiger partial charge in [0.2, 0.25) is 5.60 Å². The molecule has 0 saturated carbocycles. The third-order valence-electron chi connectivity index (χ3n) is 6.56. The molecule has 5 atom stereocenters. The summed E-state index contributed by atoms with van der Waals surface area (Å²) >= 11 is 0. The summed E-state index contributed by atoms with van der Waals surface area (Å²) in [6, 6.07) is 0. The van der Waals surface area contributed by atoms with Crippen LogP contribution in [-0.4, -0.2) is 41.5 Å². The maximum Gasteiger partial charge on any atom is 0.351 e. The van der Waals surface area contributed by atoms with Crippen LogP contribution < -0.4 is 0 Å². The first kappa shape index (κ1) is 23.0. The van der Waals surface area contributed by atoms with Crippen molar-refractivity contribution in [1.82, 2.24) is 0 Å². The molecule has 0 radical (unpaired) electrons. The highest BCUT2D eigenvalue weighted by molar-refractivity contribution is 6.09. The fourth-order valence-corrected chi connectivity index (χ4v) is 4.70. The molecule has 7 heteroatoms. The van der Waals surface area contributed by atoms with Crippen LogP contribution in [0.3, 0.4) is 0 Å². The van der Waals surface area contributed by atoms with Crippen LogP contribution in [-0.2, 0) is 33.4 Å². The third kappa shape index (κ3) is 3.75. The van der Waals surface area contributed by atoms with Crippen molar-refractivity contribution in [2.45, 2.75) is 72.7 Å². The van der Waals surface area contributed by atoms with Gasteiger partial charge in [-0.05, 0) is 40.7 Å². The molecular formula is C24H30O7.